The van der Waals surface area contributed by atoms with Crippen molar-refractivity contribution in [3.63, 3.8) is 0 Å². The molecule has 3 rings (SSSR count). The summed E-state index contributed by atoms with van der Waals surface area (Å²) in [4.78, 5) is 5.83. The highest BCUT2D eigenvalue weighted by molar-refractivity contribution is 8.83. The van der Waals surface area contributed by atoms with Crippen molar-refractivity contribution in [2.45, 2.75) is 12.8 Å². The number of hydrogen-bond acceptors (Lipinski definition) is 4. The van der Waals surface area contributed by atoms with E-state index in [1.165, 1.54) is 19.6 Å². The van der Waals surface area contributed by atoms with E-state index in [2.05, 4.69) is 24.3 Å². The van der Waals surface area contributed by atoms with Crippen LogP contribution in [-0.2, 0) is 0 Å². The third-order valence-corrected chi connectivity index (χ3v) is 7.49. The second-order valence-electron chi connectivity index (χ2n) is 3.08. The molecule has 0 unspecified atom stereocenters. The van der Waals surface area contributed by atoms with E-state index in [1.807, 2.05) is 43.2 Å². The summed E-state index contributed by atoms with van der Waals surface area (Å²) in [7, 11) is 7.64. The molecule has 0 bridgehead atoms. The summed E-state index contributed by atoms with van der Waals surface area (Å²) in [5, 5.41) is 0. The van der Waals surface area contributed by atoms with Crippen molar-refractivity contribution in [2.75, 3.05) is 0 Å². The molecule has 3 aliphatic rings. The predicted molar refractivity (Wildman–Crippen MR) is 71.9 cm³/mol. The molecule has 0 radical (unpaired) electrons. The molecule has 0 aromatic carbocycles. The van der Waals surface area contributed by atoms with Gasteiger partial charge < -0.3 is 0 Å². The van der Waals surface area contributed by atoms with E-state index in [0.717, 1.165) is 12.8 Å². The third-order valence-electron chi connectivity index (χ3n) is 2.14. The minimum absolute atomic E-state index is 1.11. The van der Waals surface area contributed by atoms with Crippen molar-refractivity contribution in [1.29, 1.82) is 0 Å². The van der Waals surface area contributed by atoms with Gasteiger partial charge >= 0.3 is 0 Å². The molecule has 0 aromatic heterocycles. The van der Waals surface area contributed by atoms with E-state index in [0.29, 0.717) is 0 Å². The molecule has 72 valence electrons. The van der Waals surface area contributed by atoms with Crippen LogP contribution in [0.3, 0.4) is 0 Å². The molecule has 0 N–H and O–H groups in total. The zero-order chi connectivity index (χ0) is 9.38. The van der Waals surface area contributed by atoms with Crippen LogP contribution in [0.1, 0.15) is 12.8 Å². The average molecular weight is 256 g/mol. The highest BCUT2D eigenvalue weighted by Gasteiger charge is 2.21. The van der Waals surface area contributed by atoms with Gasteiger partial charge in [-0.05, 0) is 12.8 Å². The van der Waals surface area contributed by atoms with Crippen LogP contribution in [0.5, 0.6) is 0 Å². The van der Waals surface area contributed by atoms with Gasteiger partial charge in [0.2, 0.25) is 0 Å². The van der Waals surface area contributed by atoms with Crippen LogP contribution < -0.4 is 0 Å². The molecule has 0 aromatic rings. The minimum Gasteiger partial charge on any atom is -0.0650 e. The Balaban J connectivity index is 1.87. The van der Waals surface area contributed by atoms with Crippen molar-refractivity contribution in [2.24, 2.45) is 0 Å². The Hall–Kier alpha value is 0.360. The second kappa shape index (κ2) is 4.08. The van der Waals surface area contributed by atoms with Crippen molar-refractivity contribution in [1.82, 2.24) is 0 Å². The minimum atomic E-state index is 1.11. The zero-order valence-corrected chi connectivity index (χ0v) is 10.6. The van der Waals surface area contributed by atoms with E-state index in [1.54, 1.807) is 0 Å². The van der Waals surface area contributed by atoms with Crippen LogP contribution in [0, 0.1) is 0 Å². The molecule has 0 spiro atoms. The first-order valence-corrected chi connectivity index (χ1v) is 8.74. The van der Waals surface area contributed by atoms with Gasteiger partial charge in [0.1, 0.15) is 0 Å². The summed E-state index contributed by atoms with van der Waals surface area (Å²) < 4.78 is 0. The Bertz CT molecular complexity index is 313. The van der Waals surface area contributed by atoms with Gasteiger partial charge in [-0.3, -0.25) is 0 Å². The smallest absolute Gasteiger partial charge is 0.0291 e. The van der Waals surface area contributed by atoms with Crippen molar-refractivity contribution in [3.05, 3.63) is 43.9 Å². The third kappa shape index (κ3) is 1.73. The number of rotatable bonds is 0. The van der Waals surface area contributed by atoms with Crippen molar-refractivity contribution < 1.29 is 0 Å². The lowest BCUT2D eigenvalue weighted by Crippen LogP contribution is -1.79. The van der Waals surface area contributed by atoms with Gasteiger partial charge in [0.25, 0.3) is 0 Å². The molecule has 4 heteroatoms. The van der Waals surface area contributed by atoms with E-state index in [-0.39, 0.29) is 0 Å². The Labute approximate surface area is 99.5 Å². The number of fused-ring (bicyclic) bond motifs is 2. The van der Waals surface area contributed by atoms with E-state index < -0.39 is 0 Å². The summed E-state index contributed by atoms with van der Waals surface area (Å²) in [5.74, 6) is 0. The van der Waals surface area contributed by atoms with Gasteiger partial charge in [-0.25, -0.2) is 0 Å². The van der Waals surface area contributed by atoms with Crippen LogP contribution in [0.4, 0.5) is 0 Å². The quantitative estimate of drug-likeness (QED) is 0.552. The first-order valence-electron chi connectivity index (χ1n) is 4.44. The van der Waals surface area contributed by atoms with Crippen molar-refractivity contribution in [3.8, 4) is 0 Å². The standard InChI is InChI=1S/C10H8S4/c1-3-7-8(4-1)12-14-10-6-2-5-9(10)13-11-7/h3-6H,1-2H2. The predicted octanol–water partition coefficient (Wildman–Crippen LogP) is 5.11. The molecule has 14 heavy (non-hydrogen) atoms. The lowest BCUT2D eigenvalue weighted by molar-refractivity contribution is 1.45. The molecular weight excluding hydrogens is 248 g/mol. The van der Waals surface area contributed by atoms with Crippen LogP contribution in [0.15, 0.2) is 43.9 Å². The topological polar surface area (TPSA) is 0 Å². The van der Waals surface area contributed by atoms with E-state index in [9.17, 15) is 0 Å². The van der Waals surface area contributed by atoms with Gasteiger partial charge in [-0.1, -0.05) is 67.5 Å². The lowest BCUT2D eigenvalue weighted by atomic mass is 10.5. The summed E-state index contributed by atoms with van der Waals surface area (Å²) in [6.45, 7) is 0. The lowest BCUT2D eigenvalue weighted by Gasteiger charge is -2.13. The van der Waals surface area contributed by atoms with Gasteiger partial charge in [0.15, 0.2) is 0 Å². The fourth-order valence-corrected chi connectivity index (χ4v) is 7.21. The summed E-state index contributed by atoms with van der Waals surface area (Å²) in [6, 6.07) is 0. The molecule has 0 nitrogen and oxygen atoms in total. The average Bonchev–Trinajstić information content (AvgIpc) is 2.75. The first-order chi connectivity index (χ1) is 6.93. The SMILES string of the molecule is C1=C2SSC3=CCC=C3SSC2=CC1. The molecule has 0 saturated carbocycles. The Morgan fingerprint density at radius 2 is 0.857 bits per heavy atom. The van der Waals surface area contributed by atoms with Crippen LogP contribution in [-0.4, -0.2) is 0 Å². The maximum absolute atomic E-state index is 2.32. The van der Waals surface area contributed by atoms with Crippen LogP contribution in [0.25, 0.3) is 0 Å². The summed E-state index contributed by atoms with van der Waals surface area (Å²) in [6.07, 6.45) is 11.5. The Morgan fingerprint density at radius 3 is 1.14 bits per heavy atom. The molecule has 1 heterocycles. The maximum atomic E-state index is 2.32. The summed E-state index contributed by atoms with van der Waals surface area (Å²) in [5.41, 5.74) is 0. The van der Waals surface area contributed by atoms with Crippen molar-refractivity contribution >= 4 is 43.2 Å². The van der Waals surface area contributed by atoms with Crippen LogP contribution in [0.2, 0.25) is 0 Å². The highest BCUT2D eigenvalue weighted by Crippen LogP contribution is 2.57. The molecule has 1 saturated heterocycles. The molecule has 0 amide bonds. The van der Waals surface area contributed by atoms with E-state index >= 15 is 0 Å². The van der Waals surface area contributed by atoms with Gasteiger partial charge in [-0.15, -0.1) is 0 Å². The fourth-order valence-electron chi connectivity index (χ4n) is 1.43. The Morgan fingerprint density at radius 1 is 0.571 bits per heavy atom. The number of allylic oxidation sites excluding steroid dienone is 4. The Kier molecular flexibility index (Phi) is 2.79. The normalized spacial score (nSPS) is 25.1. The second-order valence-corrected chi connectivity index (χ2v) is 7.50. The maximum Gasteiger partial charge on any atom is 0.0291 e. The molecule has 1 fully saturated rings. The van der Waals surface area contributed by atoms with Gasteiger partial charge in [0.05, 0.1) is 0 Å². The molecular formula is C10H8S4. The molecule has 2 aliphatic carbocycles. The van der Waals surface area contributed by atoms with Gasteiger partial charge in [-0.2, -0.15) is 0 Å². The number of hydrogen-bond donors (Lipinski definition) is 0. The zero-order valence-electron chi connectivity index (χ0n) is 7.36. The summed E-state index contributed by atoms with van der Waals surface area (Å²) >= 11 is 0. The fraction of sp³-hybridized carbons (Fsp3) is 0.200. The molecule has 1 aliphatic heterocycles. The van der Waals surface area contributed by atoms with Gasteiger partial charge in [0, 0.05) is 19.6 Å². The monoisotopic (exact) mass is 256 g/mol. The first kappa shape index (κ1) is 9.58. The van der Waals surface area contributed by atoms with E-state index in [4.69, 9.17) is 0 Å². The largest absolute Gasteiger partial charge is 0.0650 e. The van der Waals surface area contributed by atoms with Crippen LogP contribution >= 0.6 is 43.2 Å². The highest BCUT2D eigenvalue weighted by atomic mass is 33.1. The molecule has 0 atom stereocenters.